The fourth-order valence-corrected chi connectivity index (χ4v) is 3.71. The molecule has 0 saturated heterocycles. The molecule has 0 unspecified atom stereocenters. The largest absolute Gasteiger partial charge is 0.354 e. The lowest BCUT2D eigenvalue weighted by Crippen LogP contribution is -2.39. The molecule has 0 spiro atoms. The summed E-state index contributed by atoms with van der Waals surface area (Å²) in [7, 11) is 0. The summed E-state index contributed by atoms with van der Waals surface area (Å²) in [4.78, 5) is 24.2. The highest BCUT2D eigenvalue weighted by Gasteiger charge is 2.18. The summed E-state index contributed by atoms with van der Waals surface area (Å²) in [5.41, 5.74) is 0.984. The van der Waals surface area contributed by atoms with Crippen LogP contribution in [0.25, 0.3) is 10.8 Å². The van der Waals surface area contributed by atoms with Crippen molar-refractivity contribution in [3.63, 3.8) is 0 Å². The van der Waals surface area contributed by atoms with E-state index in [1.54, 1.807) is 0 Å². The summed E-state index contributed by atoms with van der Waals surface area (Å²) < 4.78 is 0. The van der Waals surface area contributed by atoms with Gasteiger partial charge in [-0.3, -0.25) is 9.59 Å². The molecule has 0 aliphatic heterocycles. The molecule has 0 atom stereocenters. The third-order valence-corrected chi connectivity index (χ3v) is 5.40. The predicted molar refractivity (Wildman–Crippen MR) is 105 cm³/mol. The molecule has 1 aliphatic rings. The fraction of sp³-hybridized carbons (Fsp3) is 0.455. The molecule has 0 radical (unpaired) electrons. The Kier molecular flexibility index (Phi) is 6.26. The van der Waals surface area contributed by atoms with Gasteiger partial charge in [0.1, 0.15) is 0 Å². The standard InChI is InChI=1S/C22H28N2O2/c1-16-9-11-17(12-10-16)14-23-22(26)15-24-21(25)13-19-7-4-6-18-5-2-3-8-20(18)19/h2-8,16-17H,9-15H2,1H3,(H,23,26)(H,24,25). The summed E-state index contributed by atoms with van der Waals surface area (Å²) >= 11 is 0. The average molecular weight is 352 g/mol. The van der Waals surface area contributed by atoms with Crippen molar-refractivity contribution >= 4 is 22.6 Å². The van der Waals surface area contributed by atoms with Gasteiger partial charge in [-0.15, -0.1) is 0 Å². The van der Waals surface area contributed by atoms with Crippen molar-refractivity contribution < 1.29 is 9.59 Å². The Morgan fingerprint density at radius 3 is 2.46 bits per heavy atom. The summed E-state index contributed by atoms with van der Waals surface area (Å²) in [5.74, 6) is 1.18. The molecule has 4 heteroatoms. The Morgan fingerprint density at radius 1 is 0.923 bits per heavy atom. The molecule has 0 heterocycles. The highest BCUT2D eigenvalue weighted by Crippen LogP contribution is 2.27. The van der Waals surface area contributed by atoms with Crippen LogP contribution in [0.3, 0.4) is 0 Å². The molecule has 138 valence electrons. The second-order valence-electron chi connectivity index (χ2n) is 7.52. The first-order valence-electron chi connectivity index (χ1n) is 9.62. The Labute approximate surface area is 155 Å². The SMILES string of the molecule is CC1CCC(CNC(=O)CNC(=O)Cc2cccc3ccccc23)CC1. The van der Waals surface area contributed by atoms with Gasteiger partial charge in [0.25, 0.3) is 0 Å². The Balaban J connectivity index is 1.43. The Morgan fingerprint density at radius 2 is 1.65 bits per heavy atom. The molecule has 2 amide bonds. The number of fused-ring (bicyclic) bond motifs is 1. The molecule has 1 fully saturated rings. The molecule has 1 saturated carbocycles. The highest BCUT2D eigenvalue weighted by molar-refractivity contribution is 5.91. The van der Waals surface area contributed by atoms with Gasteiger partial charge in [-0.2, -0.15) is 0 Å². The van der Waals surface area contributed by atoms with Crippen molar-refractivity contribution in [1.82, 2.24) is 10.6 Å². The first kappa shape index (κ1) is 18.4. The Hall–Kier alpha value is -2.36. The molecule has 1 aliphatic carbocycles. The third kappa shape index (κ3) is 5.07. The van der Waals surface area contributed by atoms with Crippen LogP contribution in [0.2, 0.25) is 0 Å². The number of hydrogen-bond acceptors (Lipinski definition) is 2. The molecule has 26 heavy (non-hydrogen) atoms. The lowest BCUT2D eigenvalue weighted by atomic mass is 9.83. The molecular formula is C22H28N2O2. The van der Waals surface area contributed by atoms with Crippen LogP contribution in [0, 0.1) is 11.8 Å². The van der Waals surface area contributed by atoms with Crippen LogP contribution in [-0.4, -0.2) is 24.9 Å². The van der Waals surface area contributed by atoms with Gasteiger partial charge in [0, 0.05) is 6.54 Å². The first-order valence-corrected chi connectivity index (χ1v) is 9.62. The van der Waals surface area contributed by atoms with E-state index in [2.05, 4.69) is 17.6 Å². The fourth-order valence-electron chi connectivity index (χ4n) is 3.71. The molecule has 3 rings (SSSR count). The zero-order chi connectivity index (χ0) is 18.4. The lowest BCUT2D eigenvalue weighted by Gasteiger charge is -2.26. The normalized spacial score (nSPS) is 19.9. The number of benzene rings is 2. The summed E-state index contributed by atoms with van der Waals surface area (Å²) in [5, 5.41) is 7.91. The van der Waals surface area contributed by atoms with Gasteiger partial charge in [-0.05, 0) is 41.0 Å². The maximum Gasteiger partial charge on any atom is 0.239 e. The third-order valence-electron chi connectivity index (χ3n) is 5.40. The number of carbonyl (C=O) groups excluding carboxylic acids is 2. The van der Waals surface area contributed by atoms with Gasteiger partial charge >= 0.3 is 0 Å². The second kappa shape index (κ2) is 8.84. The average Bonchev–Trinajstić information content (AvgIpc) is 2.66. The molecule has 0 aromatic heterocycles. The first-order chi connectivity index (χ1) is 12.6. The van der Waals surface area contributed by atoms with Crippen molar-refractivity contribution in [1.29, 1.82) is 0 Å². The number of hydrogen-bond donors (Lipinski definition) is 2. The van der Waals surface area contributed by atoms with E-state index in [1.807, 2.05) is 42.5 Å². The van der Waals surface area contributed by atoms with Gasteiger partial charge in [0.2, 0.25) is 11.8 Å². The van der Waals surface area contributed by atoms with Crippen molar-refractivity contribution in [2.45, 2.75) is 39.0 Å². The van der Waals surface area contributed by atoms with Crippen LogP contribution >= 0.6 is 0 Å². The molecule has 4 nitrogen and oxygen atoms in total. The smallest absolute Gasteiger partial charge is 0.239 e. The monoisotopic (exact) mass is 352 g/mol. The minimum absolute atomic E-state index is 0.0483. The van der Waals surface area contributed by atoms with Crippen molar-refractivity contribution in [3.8, 4) is 0 Å². The zero-order valence-electron chi connectivity index (χ0n) is 15.5. The van der Waals surface area contributed by atoms with Crippen LogP contribution in [0.5, 0.6) is 0 Å². The predicted octanol–water partition coefficient (Wildman–Crippen LogP) is 3.44. The maximum atomic E-state index is 12.2. The number of nitrogens with one attached hydrogen (secondary N) is 2. The number of rotatable bonds is 6. The lowest BCUT2D eigenvalue weighted by molar-refractivity contribution is -0.125. The van der Waals surface area contributed by atoms with E-state index in [9.17, 15) is 9.59 Å². The van der Waals surface area contributed by atoms with Crippen molar-refractivity contribution in [2.75, 3.05) is 13.1 Å². The minimum Gasteiger partial charge on any atom is -0.354 e. The van der Waals surface area contributed by atoms with Crippen LogP contribution in [0.4, 0.5) is 0 Å². The summed E-state index contributed by atoms with van der Waals surface area (Å²) in [6, 6.07) is 14.0. The van der Waals surface area contributed by atoms with Gasteiger partial charge in [-0.25, -0.2) is 0 Å². The second-order valence-corrected chi connectivity index (χ2v) is 7.52. The molecule has 2 aromatic rings. The topological polar surface area (TPSA) is 58.2 Å². The van der Waals surface area contributed by atoms with E-state index in [0.29, 0.717) is 5.92 Å². The van der Waals surface area contributed by atoms with E-state index in [4.69, 9.17) is 0 Å². The van der Waals surface area contributed by atoms with Crippen molar-refractivity contribution in [2.24, 2.45) is 11.8 Å². The van der Waals surface area contributed by atoms with Gasteiger partial charge in [0.05, 0.1) is 13.0 Å². The van der Waals surface area contributed by atoms with Crippen LogP contribution in [-0.2, 0) is 16.0 Å². The Bertz CT molecular complexity index is 758. The number of amides is 2. The van der Waals surface area contributed by atoms with Crippen LogP contribution in [0.1, 0.15) is 38.2 Å². The summed E-state index contributed by atoms with van der Waals surface area (Å²) in [6.07, 6.45) is 5.17. The summed E-state index contributed by atoms with van der Waals surface area (Å²) in [6.45, 7) is 3.07. The molecule has 0 bridgehead atoms. The quantitative estimate of drug-likeness (QED) is 0.837. The molecular weight excluding hydrogens is 324 g/mol. The molecule has 2 N–H and O–H groups in total. The van der Waals surface area contributed by atoms with E-state index in [-0.39, 0.29) is 24.8 Å². The maximum absolute atomic E-state index is 12.2. The van der Waals surface area contributed by atoms with E-state index in [1.165, 1.54) is 25.7 Å². The van der Waals surface area contributed by atoms with E-state index < -0.39 is 0 Å². The van der Waals surface area contributed by atoms with E-state index in [0.717, 1.165) is 28.8 Å². The van der Waals surface area contributed by atoms with Gasteiger partial charge in [0.15, 0.2) is 0 Å². The van der Waals surface area contributed by atoms with Crippen LogP contribution in [0.15, 0.2) is 42.5 Å². The van der Waals surface area contributed by atoms with E-state index >= 15 is 0 Å². The van der Waals surface area contributed by atoms with Crippen LogP contribution < -0.4 is 10.6 Å². The highest BCUT2D eigenvalue weighted by atomic mass is 16.2. The molecule has 2 aromatic carbocycles. The van der Waals surface area contributed by atoms with Gasteiger partial charge < -0.3 is 10.6 Å². The minimum atomic E-state index is -0.122. The zero-order valence-corrected chi connectivity index (χ0v) is 15.5. The van der Waals surface area contributed by atoms with Crippen molar-refractivity contribution in [3.05, 3.63) is 48.0 Å². The number of carbonyl (C=O) groups is 2. The van der Waals surface area contributed by atoms with Gasteiger partial charge in [-0.1, -0.05) is 62.2 Å².